The average Bonchev–Trinajstić information content (AvgIpc) is 2.89. The molecule has 0 saturated carbocycles. The standard InChI is InChI=1S/C14H21F3N6O.HI/c1-10(24)22-4-6-23(7-5-22)13(18-2)19-8-11-9-21(3)20-12(11)14(15,16)17;/h9H,4-8H2,1-3H3,(H,18,19);1H. The molecule has 0 unspecified atom stereocenters. The minimum Gasteiger partial charge on any atom is -0.352 e. The van der Waals surface area contributed by atoms with Crippen LogP contribution >= 0.6 is 24.0 Å². The van der Waals surface area contributed by atoms with Crippen molar-refractivity contribution in [3.63, 3.8) is 0 Å². The molecule has 0 radical (unpaired) electrons. The molecule has 0 spiro atoms. The van der Waals surface area contributed by atoms with E-state index in [-0.39, 0.29) is 42.0 Å². The van der Waals surface area contributed by atoms with Crippen LogP contribution in [0, 0.1) is 0 Å². The summed E-state index contributed by atoms with van der Waals surface area (Å²) in [7, 11) is 3.03. The third kappa shape index (κ3) is 5.47. The number of nitrogens with zero attached hydrogens (tertiary/aromatic N) is 5. The molecule has 2 heterocycles. The quantitative estimate of drug-likeness (QED) is 0.399. The van der Waals surface area contributed by atoms with Crippen LogP contribution in [0.2, 0.25) is 0 Å². The molecule has 11 heteroatoms. The van der Waals surface area contributed by atoms with Crippen molar-refractivity contribution in [2.75, 3.05) is 33.2 Å². The highest BCUT2D eigenvalue weighted by Gasteiger charge is 2.36. The summed E-state index contributed by atoms with van der Waals surface area (Å²) in [6.07, 6.45) is -3.15. The van der Waals surface area contributed by atoms with E-state index in [4.69, 9.17) is 0 Å². The van der Waals surface area contributed by atoms with Crippen molar-refractivity contribution < 1.29 is 18.0 Å². The van der Waals surface area contributed by atoms with Crippen LogP contribution in [-0.2, 0) is 24.6 Å². The molecule has 1 amide bonds. The van der Waals surface area contributed by atoms with Crippen molar-refractivity contribution in [2.45, 2.75) is 19.6 Å². The maximum absolute atomic E-state index is 13.0. The first-order chi connectivity index (χ1) is 11.2. The van der Waals surface area contributed by atoms with Crippen LogP contribution in [0.1, 0.15) is 18.2 Å². The highest BCUT2D eigenvalue weighted by Crippen LogP contribution is 2.30. The Hall–Kier alpha value is -1.53. The van der Waals surface area contributed by atoms with Gasteiger partial charge in [0, 0.05) is 65.5 Å². The molecule has 1 saturated heterocycles. The Bertz CT molecular complexity index is 623. The van der Waals surface area contributed by atoms with Gasteiger partial charge in [0.1, 0.15) is 0 Å². The number of piperazine rings is 1. The summed E-state index contributed by atoms with van der Waals surface area (Å²) in [5, 5.41) is 6.43. The molecule has 1 aromatic heterocycles. The fourth-order valence-corrected chi connectivity index (χ4v) is 2.65. The van der Waals surface area contributed by atoms with Gasteiger partial charge in [0.2, 0.25) is 5.91 Å². The Labute approximate surface area is 161 Å². The fourth-order valence-electron chi connectivity index (χ4n) is 2.65. The molecule has 1 N–H and O–H groups in total. The Kier molecular flexibility index (Phi) is 7.50. The number of carbonyl (C=O) groups is 1. The smallest absolute Gasteiger partial charge is 0.352 e. The zero-order valence-electron chi connectivity index (χ0n) is 14.3. The highest BCUT2D eigenvalue weighted by atomic mass is 127. The van der Waals surface area contributed by atoms with Crippen molar-refractivity contribution in [3.05, 3.63) is 17.5 Å². The zero-order chi connectivity index (χ0) is 17.9. The summed E-state index contributed by atoms with van der Waals surface area (Å²) in [5.41, 5.74) is -0.831. The molecule has 0 bridgehead atoms. The van der Waals surface area contributed by atoms with E-state index in [9.17, 15) is 18.0 Å². The lowest BCUT2D eigenvalue weighted by Gasteiger charge is -2.36. The van der Waals surface area contributed by atoms with Gasteiger partial charge in [-0.05, 0) is 0 Å². The van der Waals surface area contributed by atoms with Crippen molar-refractivity contribution in [2.24, 2.45) is 12.0 Å². The van der Waals surface area contributed by atoms with Crippen molar-refractivity contribution in [1.29, 1.82) is 0 Å². The van der Waals surface area contributed by atoms with Gasteiger partial charge in [-0.25, -0.2) is 0 Å². The molecule has 0 aliphatic carbocycles. The Morgan fingerprint density at radius 3 is 2.32 bits per heavy atom. The van der Waals surface area contributed by atoms with E-state index >= 15 is 0 Å². The first-order valence-electron chi connectivity index (χ1n) is 7.53. The minimum atomic E-state index is -4.49. The van der Waals surface area contributed by atoms with E-state index < -0.39 is 11.9 Å². The van der Waals surface area contributed by atoms with Gasteiger partial charge in [-0.3, -0.25) is 14.5 Å². The molecular weight excluding hydrogens is 452 g/mol. The minimum absolute atomic E-state index is 0. The van der Waals surface area contributed by atoms with Gasteiger partial charge >= 0.3 is 6.18 Å². The first kappa shape index (κ1) is 21.5. The molecule has 25 heavy (non-hydrogen) atoms. The Morgan fingerprint density at radius 2 is 1.84 bits per heavy atom. The monoisotopic (exact) mass is 474 g/mol. The van der Waals surface area contributed by atoms with Gasteiger partial charge in [0.15, 0.2) is 11.7 Å². The second-order valence-electron chi connectivity index (χ2n) is 5.57. The number of guanidine groups is 1. The number of alkyl halides is 3. The Morgan fingerprint density at radius 1 is 1.28 bits per heavy atom. The van der Waals surface area contributed by atoms with Gasteiger partial charge in [0.05, 0.1) is 0 Å². The lowest BCUT2D eigenvalue weighted by molar-refractivity contribution is -0.142. The number of nitrogens with one attached hydrogen (secondary N) is 1. The Balaban J connectivity index is 0.00000312. The summed E-state index contributed by atoms with van der Waals surface area (Å²) < 4.78 is 40.0. The van der Waals surface area contributed by atoms with Crippen LogP contribution in [0.25, 0.3) is 0 Å². The number of aromatic nitrogens is 2. The first-order valence-corrected chi connectivity index (χ1v) is 7.53. The zero-order valence-corrected chi connectivity index (χ0v) is 16.6. The van der Waals surface area contributed by atoms with Crippen molar-refractivity contribution in [1.82, 2.24) is 24.9 Å². The number of rotatable bonds is 2. The van der Waals surface area contributed by atoms with Crippen LogP contribution in [0.4, 0.5) is 13.2 Å². The average molecular weight is 474 g/mol. The van der Waals surface area contributed by atoms with Gasteiger partial charge < -0.3 is 15.1 Å². The molecule has 2 rings (SSSR count). The fraction of sp³-hybridized carbons (Fsp3) is 0.643. The number of halogens is 4. The third-order valence-electron chi connectivity index (χ3n) is 3.85. The van der Waals surface area contributed by atoms with Crippen LogP contribution < -0.4 is 5.32 Å². The van der Waals surface area contributed by atoms with Crippen molar-refractivity contribution in [3.8, 4) is 0 Å². The van der Waals surface area contributed by atoms with E-state index in [2.05, 4.69) is 15.4 Å². The van der Waals surface area contributed by atoms with Gasteiger partial charge in [-0.1, -0.05) is 0 Å². The van der Waals surface area contributed by atoms with Gasteiger partial charge in [-0.2, -0.15) is 18.3 Å². The highest BCUT2D eigenvalue weighted by molar-refractivity contribution is 14.0. The van der Waals surface area contributed by atoms with Crippen LogP contribution in [0.5, 0.6) is 0 Å². The summed E-state index contributed by atoms with van der Waals surface area (Å²) in [4.78, 5) is 19.1. The van der Waals surface area contributed by atoms with Crippen molar-refractivity contribution >= 4 is 35.8 Å². The van der Waals surface area contributed by atoms with Crippen LogP contribution in [0.15, 0.2) is 11.2 Å². The summed E-state index contributed by atoms with van der Waals surface area (Å²) in [5.74, 6) is 0.526. The second kappa shape index (κ2) is 8.72. The second-order valence-corrected chi connectivity index (χ2v) is 5.57. The summed E-state index contributed by atoms with van der Waals surface area (Å²) >= 11 is 0. The molecule has 0 atom stereocenters. The molecule has 142 valence electrons. The lowest BCUT2D eigenvalue weighted by atomic mass is 10.2. The molecule has 1 aliphatic rings. The van der Waals surface area contributed by atoms with E-state index in [1.807, 2.05) is 4.90 Å². The molecule has 0 aromatic carbocycles. The molecule has 7 nitrogen and oxygen atoms in total. The van der Waals surface area contributed by atoms with Gasteiger partial charge in [0.25, 0.3) is 0 Å². The van der Waals surface area contributed by atoms with E-state index in [0.29, 0.717) is 32.1 Å². The SMILES string of the molecule is CN=C(NCc1cn(C)nc1C(F)(F)F)N1CCN(C(C)=O)CC1.I. The van der Waals surface area contributed by atoms with E-state index in [1.165, 1.54) is 20.2 Å². The molecular formula is C14H22F3IN6O. The normalized spacial score (nSPS) is 15.8. The van der Waals surface area contributed by atoms with Gasteiger partial charge in [-0.15, -0.1) is 24.0 Å². The topological polar surface area (TPSA) is 65.8 Å². The number of amides is 1. The van der Waals surface area contributed by atoms with Crippen LogP contribution in [0.3, 0.4) is 0 Å². The molecule has 1 fully saturated rings. The molecule has 1 aromatic rings. The maximum Gasteiger partial charge on any atom is 0.435 e. The predicted molar refractivity (Wildman–Crippen MR) is 97.7 cm³/mol. The third-order valence-corrected chi connectivity index (χ3v) is 3.85. The lowest BCUT2D eigenvalue weighted by Crippen LogP contribution is -2.53. The number of hydrogen-bond acceptors (Lipinski definition) is 3. The number of aliphatic imine (C=N–C) groups is 1. The number of carbonyl (C=O) groups excluding carboxylic acids is 1. The number of aryl methyl sites for hydroxylation is 1. The van der Waals surface area contributed by atoms with E-state index in [1.54, 1.807) is 11.9 Å². The summed E-state index contributed by atoms with van der Waals surface area (Å²) in [6.45, 7) is 3.79. The largest absolute Gasteiger partial charge is 0.435 e. The maximum atomic E-state index is 13.0. The summed E-state index contributed by atoms with van der Waals surface area (Å²) in [6, 6.07) is 0. The molecule has 1 aliphatic heterocycles. The van der Waals surface area contributed by atoms with E-state index in [0.717, 1.165) is 4.68 Å². The number of hydrogen-bond donors (Lipinski definition) is 1. The van der Waals surface area contributed by atoms with Crippen LogP contribution in [-0.4, -0.2) is 64.7 Å². The predicted octanol–water partition coefficient (Wildman–Crippen LogP) is 1.30.